The Morgan fingerprint density at radius 3 is 2.48 bits per heavy atom. The van der Waals surface area contributed by atoms with Gasteiger partial charge in [0.05, 0.1) is 12.7 Å². The first kappa shape index (κ1) is 18.9. The molecule has 2 aromatic carbocycles. The zero-order valence-corrected chi connectivity index (χ0v) is 15.0. The molecule has 1 amide bonds. The van der Waals surface area contributed by atoms with Crippen LogP contribution >= 0.6 is 11.8 Å². The number of amides is 1. The van der Waals surface area contributed by atoms with Crippen molar-refractivity contribution in [3.63, 3.8) is 0 Å². The summed E-state index contributed by atoms with van der Waals surface area (Å²) in [6, 6.07) is 14.7. The Kier molecular flexibility index (Phi) is 6.89. The van der Waals surface area contributed by atoms with E-state index in [0.717, 1.165) is 11.3 Å². The Balaban J connectivity index is 1.95. The lowest BCUT2D eigenvalue weighted by molar-refractivity contribution is -0.136. The van der Waals surface area contributed by atoms with Crippen LogP contribution in [-0.4, -0.2) is 35.9 Å². The number of carbonyl (C=O) groups excluding carboxylic acids is 1. The molecule has 1 atom stereocenters. The number of ether oxygens (including phenoxy) is 1. The Labute approximate surface area is 151 Å². The van der Waals surface area contributed by atoms with Gasteiger partial charge >= 0.3 is 5.97 Å². The van der Waals surface area contributed by atoms with E-state index in [0.29, 0.717) is 23.4 Å². The molecule has 25 heavy (non-hydrogen) atoms. The summed E-state index contributed by atoms with van der Waals surface area (Å²) in [7, 11) is 1.62. The van der Waals surface area contributed by atoms with Crippen LogP contribution in [0.1, 0.15) is 22.8 Å². The summed E-state index contributed by atoms with van der Waals surface area (Å²) in [5, 5.41) is 11.3. The van der Waals surface area contributed by atoms with Crippen molar-refractivity contribution in [1.82, 2.24) is 5.32 Å². The van der Waals surface area contributed by atoms with E-state index in [1.807, 2.05) is 24.3 Å². The van der Waals surface area contributed by atoms with E-state index in [1.165, 1.54) is 11.8 Å². The summed E-state index contributed by atoms with van der Waals surface area (Å²) >= 11 is 1.17. The number of rotatable bonds is 8. The van der Waals surface area contributed by atoms with Gasteiger partial charge in [-0.1, -0.05) is 24.3 Å². The van der Waals surface area contributed by atoms with Crippen molar-refractivity contribution < 1.29 is 19.4 Å². The van der Waals surface area contributed by atoms with Crippen LogP contribution in [0.25, 0.3) is 0 Å². The first-order valence-electron chi connectivity index (χ1n) is 7.91. The molecule has 0 fully saturated rings. The van der Waals surface area contributed by atoms with E-state index in [-0.39, 0.29) is 5.91 Å². The Morgan fingerprint density at radius 1 is 1.16 bits per heavy atom. The summed E-state index contributed by atoms with van der Waals surface area (Å²) in [5.41, 5.74) is 1.60. The number of thioether (sulfide) groups is 1. The highest BCUT2D eigenvalue weighted by atomic mass is 32.2. The molecule has 0 aromatic heterocycles. The van der Waals surface area contributed by atoms with E-state index < -0.39 is 11.2 Å². The van der Waals surface area contributed by atoms with E-state index in [4.69, 9.17) is 9.84 Å². The van der Waals surface area contributed by atoms with Crippen LogP contribution in [0.2, 0.25) is 0 Å². The van der Waals surface area contributed by atoms with Gasteiger partial charge in [0.25, 0.3) is 5.91 Å². The van der Waals surface area contributed by atoms with Gasteiger partial charge in [0.2, 0.25) is 0 Å². The number of methoxy groups -OCH3 is 1. The second-order valence-corrected chi connectivity index (χ2v) is 6.83. The summed E-state index contributed by atoms with van der Waals surface area (Å²) in [4.78, 5) is 24.1. The third-order valence-electron chi connectivity index (χ3n) is 3.64. The lowest BCUT2D eigenvalue weighted by atomic mass is 10.1. The average molecular weight is 359 g/mol. The molecule has 6 heteroatoms. The van der Waals surface area contributed by atoms with Gasteiger partial charge in [-0.15, -0.1) is 11.8 Å². The van der Waals surface area contributed by atoms with Gasteiger partial charge in [0, 0.05) is 11.4 Å². The molecule has 2 N–H and O–H groups in total. The van der Waals surface area contributed by atoms with Gasteiger partial charge in [-0.3, -0.25) is 9.59 Å². The van der Waals surface area contributed by atoms with Crippen LogP contribution in [0.3, 0.4) is 0 Å². The quantitative estimate of drug-likeness (QED) is 0.708. The fourth-order valence-electron chi connectivity index (χ4n) is 2.21. The van der Waals surface area contributed by atoms with Crippen molar-refractivity contribution in [3.8, 4) is 5.75 Å². The molecule has 0 spiro atoms. The number of hydrogen-bond donors (Lipinski definition) is 2. The number of aliphatic carboxylic acids is 1. The molecule has 1 unspecified atom stereocenters. The van der Waals surface area contributed by atoms with Gasteiger partial charge in [-0.25, -0.2) is 0 Å². The number of carboxylic acid groups (broad SMARTS) is 1. The third kappa shape index (κ3) is 5.53. The van der Waals surface area contributed by atoms with Crippen LogP contribution in [0.5, 0.6) is 5.75 Å². The van der Waals surface area contributed by atoms with Gasteiger partial charge in [0.1, 0.15) is 11.0 Å². The van der Waals surface area contributed by atoms with E-state index in [2.05, 4.69) is 5.32 Å². The van der Waals surface area contributed by atoms with E-state index in [9.17, 15) is 9.59 Å². The van der Waals surface area contributed by atoms with Crippen molar-refractivity contribution in [3.05, 3.63) is 59.7 Å². The second kappa shape index (κ2) is 9.13. The molecule has 0 saturated heterocycles. The number of nitrogens with one attached hydrogen (secondary N) is 1. The maximum atomic E-state index is 12.4. The Morgan fingerprint density at radius 2 is 1.84 bits per heavy atom. The SMILES string of the molecule is COc1ccc(CCNC(=O)c2ccccc2SC(C)C(=O)O)cc1. The summed E-state index contributed by atoms with van der Waals surface area (Å²) < 4.78 is 5.12. The highest BCUT2D eigenvalue weighted by Crippen LogP contribution is 2.27. The normalized spacial score (nSPS) is 11.6. The number of carboxylic acids is 1. The Bertz CT molecular complexity index is 730. The largest absolute Gasteiger partial charge is 0.497 e. The van der Waals surface area contributed by atoms with Gasteiger partial charge in [0.15, 0.2) is 0 Å². The second-order valence-electron chi connectivity index (χ2n) is 5.45. The first-order chi connectivity index (χ1) is 12.0. The first-order valence-corrected chi connectivity index (χ1v) is 8.79. The molecule has 2 aromatic rings. The highest BCUT2D eigenvalue weighted by Gasteiger charge is 2.17. The molecule has 0 bridgehead atoms. The van der Waals surface area contributed by atoms with Crippen molar-refractivity contribution in [2.45, 2.75) is 23.5 Å². The van der Waals surface area contributed by atoms with Crippen molar-refractivity contribution >= 4 is 23.6 Å². The molecule has 0 radical (unpaired) electrons. The predicted octanol–water partition coefficient (Wildman–Crippen LogP) is 3.23. The standard InChI is InChI=1S/C19H21NO4S/c1-13(19(22)23)25-17-6-4-3-5-16(17)18(21)20-12-11-14-7-9-15(24-2)10-8-14/h3-10,13H,11-12H2,1-2H3,(H,20,21)(H,22,23). The smallest absolute Gasteiger partial charge is 0.316 e. The molecule has 0 aliphatic rings. The Hall–Kier alpha value is -2.47. The molecule has 0 aliphatic heterocycles. The number of benzene rings is 2. The molecule has 0 saturated carbocycles. The van der Waals surface area contributed by atoms with Gasteiger partial charge in [-0.05, 0) is 43.2 Å². The van der Waals surface area contributed by atoms with Gasteiger partial charge < -0.3 is 15.2 Å². The fourth-order valence-corrected chi connectivity index (χ4v) is 3.13. The van der Waals surface area contributed by atoms with Crippen LogP contribution in [0.15, 0.2) is 53.4 Å². The number of carbonyl (C=O) groups is 2. The lowest BCUT2D eigenvalue weighted by Gasteiger charge is -2.12. The number of hydrogen-bond acceptors (Lipinski definition) is 4. The zero-order valence-electron chi connectivity index (χ0n) is 14.2. The molecular formula is C19H21NO4S. The fraction of sp³-hybridized carbons (Fsp3) is 0.263. The minimum absolute atomic E-state index is 0.200. The highest BCUT2D eigenvalue weighted by molar-refractivity contribution is 8.00. The van der Waals surface area contributed by atoms with Crippen LogP contribution < -0.4 is 10.1 Å². The third-order valence-corrected chi connectivity index (χ3v) is 4.81. The summed E-state index contributed by atoms with van der Waals surface area (Å²) in [6.07, 6.45) is 0.705. The van der Waals surface area contributed by atoms with Crippen LogP contribution in [-0.2, 0) is 11.2 Å². The minimum atomic E-state index is -0.903. The zero-order chi connectivity index (χ0) is 18.2. The van der Waals surface area contributed by atoms with Crippen LogP contribution in [0, 0.1) is 0 Å². The lowest BCUT2D eigenvalue weighted by Crippen LogP contribution is -2.26. The van der Waals surface area contributed by atoms with Crippen molar-refractivity contribution in [2.75, 3.05) is 13.7 Å². The van der Waals surface area contributed by atoms with Crippen LogP contribution in [0.4, 0.5) is 0 Å². The minimum Gasteiger partial charge on any atom is -0.497 e. The maximum Gasteiger partial charge on any atom is 0.316 e. The average Bonchev–Trinajstić information content (AvgIpc) is 2.62. The van der Waals surface area contributed by atoms with E-state index >= 15 is 0 Å². The topological polar surface area (TPSA) is 75.6 Å². The molecular weight excluding hydrogens is 338 g/mol. The molecule has 5 nitrogen and oxygen atoms in total. The molecule has 132 valence electrons. The summed E-state index contributed by atoms with van der Waals surface area (Å²) in [6.45, 7) is 2.10. The van der Waals surface area contributed by atoms with E-state index in [1.54, 1.807) is 38.3 Å². The monoisotopic (exact) mass is 359 g/mol. The molecule has 2 rings (SSSR count). The predicted molar refractivity (Wildman–Crippen MR) is 98.4 cm³/mol. The maximum absolute atomic E-state index is 12.4. The van der Waals surface area contributed by atoms with Crippen molar-refractivity contribution in [2.24, 2.45) is 0 Å². The van der Waals surface area contributed by atoms with Gasteiger partial charge in [-0.2, -0.15) is 0 Å². The van der Waals surface area contributed by atoms with Crippen molar-refractivity contribution in [1.29, 1.82) is 0 Å². The molecule has 0 aliphatic carbocycles. The summed E-state index contributed by atoms with van der Waals surface area (Å²) in [5.74, 6) is -0.305. The molecule has 0 heterocycles.